The number of nitriles is 1. The number of hydrogen-bond acceptors (Lipinski definition) is 5. The van der Waals surface area contributed by atoms with Gasteiger partial charge in [-0.1, -0.05) is 0 Å². The molecule has 1 aromatic carbocycles. The Morgan fingerprint density at radius 1 is 1.53 bits per heavy atom. The normalized spacial score (nSPS) is 19.0. The average molecular weight is 269 g/mol. The molecule has 1 fully saturated rings. The maximum atomic E-state index is 13.8. The Morgan fingerprint density at radius 2 is 2.26 bits per heavy atom. The maximum absolute atomic E-state index is 13.8. The van der Waals surface area contributed by atoms with Gasteiger partial charge in [0.25, 0.3) is 5.69 Å². The second-order valence-electron chi connectivity index (χ2n) is 3.92. The number of rotatable bonds is 2. The average Bonchev–Trinajstić information content (AvgIpc) is 2.41. The van der Waals surface area contributed by atoms with Crippen molar-refractivity contribution in [3.8, 4) is 6.07 Å². The third-order valence-electron chi connectivity index (χ3n) is 2.77. The monoisotopic (exact) mass is 269 g/mol. The van der Waals surface area contributed by atoms with E-state index in [9.17, 15) is 18.9 Å². The van der Waals surface area contributed by atoms with E-state index in [1.807, 2.05) is 6.07 Å². The number of nitrogens with zero attached hydrogens (tertiary/aromatic N) is 3. The number of nitro groups is 1. The molecular weight excluding hydrogens is 260 g/mol. The van der Waals surface area contributed by atoms with Gasteiger partial charge in [-0.05, 0) is 6.07 Å². The van der Waals surface area contributed by atoms with Gasteiger partial charge in [0.05, 0.1) is 24.1 Å². The molecule has 0 aromatic heterocycles. The summed E-state index contributed by atoms with van der Waals surface area (Å²) in [7, 11) is 0. The van der Waals surface area contributed by atoms with Gasteiger partial charge in [-0.25, -0.2) is 8.78 Å². The van der Waals surface area contributed by atoms with Crippen LogP contribution in [0.25, 0.3) is 0 Å². The molecule has 0 bridgehead atoms. The van der Waals surface area contributed by atoms with Crippen LogP contribution in [-0.4, -0.2) is 30.7 Å². The van der Waals surface area contributed by atoms with E-state index in [-0.39, 0.29) is 19.7 Å². The highest BCUT2D eigenvalue weighted by atomic mass is 19.2. The molecule has 2 rings (SSSR count). The van der Waals surface area contributed by atoms with Crippen molar-refractivity contribution in [2.24, 2.45) is 0 Å². The fourth-order valence-electron chi connectivity index (χ4n) is 1.91. The lowest BCUT2D eigenvalue weighted by Gasteiger charge is -2.31. The van der Waals surface area contributed by atoms with Gasteiger partial charge in [0.2, 0.25) is 0 Å². The highest BCUT2D eigenvalue weighted by Crippen LogP contribution is 2.33. The Morgan fingerprint density at radius 3 is 2.89 bits per heavy atom. The van der Waals surface area contributed by atoms with Crippen LogP contribution < -0.4 is 4.90 Å². The number of benzene rings is 1. The third-order valence-corrected chi connectivity index (χ3v) is 2.77. The van der Waals surface area contributed by atoms with Crippen molar-refractivity contribution >= 4 is 11.4 Å². The predicted octanol–water partition coefficient (Wildman–Crippen LogP) is 1.60. The molecule has 100 valence electrons. The van der Waals surface area contributed by atoms with E-state index in [0.717, 1.165) is 6.07 Å². The molecule has 1 aromatic rings. The van der Waals surface area contributed by atoms with Crippen LogP contribution in [0.4, 0.5) is 20.2 Å². The van der Waals surface area contributed by atoms with Gasteiger partial charge in [0, 0.05) is 12.6 Å². The summed E-state index contributed by atoms with van der Waals surface area (Å²) < 4.78 is 32.1. The lowest BCUT2D eigenvalue weighted by Crippen LogP contribution is -2.42. The fraction of sp³-hybridized carbons (Fsp3) is 0.364. The van der Waals surface area contributed by atoms with Crippen molar-refractivity contribution in [3.63, 3.8) is 0 Å². The van der Waals surface area contributed by atoms with Crippen molar-refractivity contribution in [2.75, 3.05) is 24.6 Å². The summed E-state index contributed by atoms with van der Waals surface area (Å²) in [6.45, 7) is 0.225. The Bertz CT molecular complexity index is 559. The van der Waals surface area contributed by atoms with Gasteiger partial charge in [-0.15, -0.1) is 0 Å². The Kier molecular flexibility index (Phi) is 3.57. The smallest absolute Gasteiger partial charge is 0.295 e. The van der Waals surface area contributed by atoms with Crippen LogP contribution in [-0.2, 0) is 4.74 Å². The van der Waals surface area contributed by atoms with E-state index in [4.69, 9.17) is 10.00 Å². The minimum atomic E-state index is -1.28. The molecule has 1 aliphatic rings. The Labute approximate surface area is 107 Å². The SMILES string of the molecule is N#CC1CN(c2c([N+](=O)[O-])ccc(F)c2F)CCO1. The number of anilines is 1. The highest BCUT2D eigenvalue weighted by molar-refractivity contribution is 5.64. The predicted molar refractivity (Wildman–Crippen MR) is 60.6 cm³/mol. The first kappa shape index (κ1) is 13.2. The zero-order chi connectivity index (χ0) is 14.0. The minimum absolute atomic E-state index is 0.0439. The molecule has 1 saturated heterocycles. The van der Waals surface area contributed by atoms with Crippen LogP contribution in [0.1, 0.15) is 0 Å². The molecule has 1 heterocycles. The Hall–Kier alpha value is -2.27. The standard InChI is InChI=1S/C11H9F2N3O3/c12-8-1-2-9(16(17)18)11(10(8)13)15-3-4-19-7(5-14)6-15/h1-2,7H,3-4,6H2. The van der Waals surface area contributed by atoms with Crippen molar-refractivity contribution in [1.82, 2.24) is 0 Å². The van der Waals surface area contributed by atoms with Gasteiger partial charge >= 0.3 is 0 Å². The first-order valence-corrected chi connectivity index (χ1v) is 5.43. The number of nitro benzene ring substituents is 1. The van der Waals surface area contributed by atoms with Crippen molar-refractivity contribution in [3.05, 3.63) is 33.9 Å². The van der Waals surface area contributed by atoms with Gasteiger partial charge in [-0.3, -0.25) is 10.1 Å². The summed E-state index contributed by atoms with van der Waals surface area (Å²) in [5.74, 6) is -2.45. The molecule has 0 saturated carbocycles. The molecule has 19 heavy (non-hydrogen) atoms. The summed E-state index contributed by atoms with van der Waals surface area (Å²) in [5, 5.41) is 19.6. The van der Waals surface area contributed by atoms with Gasteiger partial charge < -0.3 is 9.64 Å². The summed E-state index contributed by atoms with van der Waals surface area (Å²) in [5.41, 5.74) is -0.967. The van der Waals surface area contributed by atoms with E-state index in [2.05, 4.69) is 0 Å². The third kappa shape index (κ3) is 2.46. The highest BCUT2D eigenvalue weighted by Gasteiger charge is 2.30. The number of hydrogen-bond donors (Lipinski definition) is 0. The molecule has 8 heteroatoms. The van der Waals surface area contributed by atoms with Crippen LogP contribution in [0, 0.1) is 33.1 Å². The molecule has 0 aliphatic carbocycles. The van der Waals surface area contributed by atoms with Crippen molar-refractivity contribution < 1.29 is 18.4 Å². The van der Waals surface area contributed by atoms with Gasteiger partial charge in [0.1, 0.15) is 0 Å². The van der Waals surface area contributed by atoms with Gasteiger partial charge in [-0.2, -0.15) is 5.26 Å². The molecular formula is C11H9F2N3O3. The second kappa shape index (κ2) is 5.16. The van der Waals surface area contributed by atoms with E-state index < -0.39 is 34.0 Å². The van der Waals surface area contributed by atoms with Crippen LogP contribution in [0.5, 0.6) is 0 Å². The van der Waals surface area contributed by atoms with E-state index in [0.29, 0.717) is 6.07 Å². The van der Waals surface area contributed by atoms with Crippen LogP contribution >= 0.6 is 0 Å². The van der Waals surface area contributed by atoms with Crippen molar-refractivity contribution in [2.45, 2.75) is 6.10 Å². The summed E-state index contributed by atoms with van der Waals surface area (Å²) >= 11 is 0. The lowest BCUT2D eigenvalue weighted by atomic mass is 10.2. The molecule has 0 spiro atoms. The van der Waals surface area contributed by atoms with Crippen molar-refractivity contribution in [1.29, 1.82) is 5.26 Å². The molecule has 0 radical (unpaired) electrons. The summed E-state index contributed by atoms with van der Waals surface area (Å²) in [6.07, 6.45) is -0.823. The largest absolute Gasteiger partial charge is 0.360 e. The molecule has 1 atom stereocenters. The number of morpholine rings is 1. The molecule has 0 amide bonds. The lowest BCUT2D eigenvalue weighted by molar-refractivity contribution is -0.384. The topological polar surface area (TPSA) is 79.4 Å². The van der Waals surface area contributed by atoms with E-state index in [1.165, 1.54) is 4.90 Å². The maximum Gasteiger partial charge on any atom is 0.295 e. The first-order valence-electron chi connectivity index (χ1n) is 5.43. The number of ether oxygens (including phenoxy) is 1. The van der Waals surface area contributed by atoms with E-state index >= 15 is 0 Å². The van der Waals surface area contributed by atoms with E-state index in [1.54, 1.807) is 0 Å². The van der Waals surface area contributed by atoms with Gasteiger partial charge in [0.15, 0.2) is 23.4 Å². The molecule has 1 aliphatic heterocycles. The van der Waals surface area contributed by atoms with Crippen LogP contribution in [0.2, 0.25) is 0 Å². The number of halogens is 2. The zero-order valence-corrected chi connectivity index (χ0v) is 9.68. The first-order chi connectivity index (χ1) is 9.04. The van der Waals surface area contributed by atoms with Crippen LogP contribution in [0.15, 0.2) is 12.1 Å². The zero-order valence-electron chi connectivity index (χ0n) is 9.68. The second-order valence-corrected chi connectivity index (χ2v) is 3.92. The van der Waals surface area contributed by atoms with Crippen LogP contribution in [0.3, 0.4) is 0 Å². The molecule has 6 nitrogen and oxygen atoms in total. The fourth-order valence-corrected chi connectivity index (χ4v) is 1.91. The summed E-state index contributed by atoms with van der Waals surface area (Å²) in [4.78, 5) is 11.3. The molecule has 0 N–H and O–H groups in total. The minimum Gasteiger partial charge on any atom is -0.360 e. The summed E-state index contributed by atoms with van der Waals surface area (Å²) in [6, 6.07) is 3.45. The Balaban J connectivity index is 2.45. The quantitative estimate of drug-likeness (QED) is 0.601. The molecule has 1 unspecified atom stereocenters.